The van der Waals surface area contributed by atoms with Crippen molar-refractivity contribution in [1.82, 2.24) is 9.78 Å². The molecule has 2 aromatic heterocycles. The normalized spacial score (nSPS) is 12.7. The monoisotopic (exact) mass is 285 g/mol. The van der Waals surface area contributed by atoms with E-state index in [4.69, 9.17) is 22.1 Å². The molecule has 0 radical (unpaired) electrons. The lowest BCUT2D eigenvalue weighted by Crippen LogP contribution is -2.15. The van der Waals surface area contributed by atoms with E-state index < -0.39 is 0 Å². The first-order valence-electron chi connectivity index (χ1n) is 5.59. The molecule has 18 heavy (non-hydrogen) atoms. The lowest BCUT2D eigenvalue weighted by Gasteiger charge is -2.12. The smallest absolute Gasteiger partial charge is 0.134 e. The van der Waals surface area contributed by atoms with Crippen LogP contribution in [0, 0.1) is 6.92 Å². The molecule has 1 atom stereocenters. The number of hydrogen-bond donors (Lipinski definition) is 1. The summed E-state index contributed by atoms with van der Waals surface area (Å²) in [5.74, 6) is 0.836. The molecule has 2 N–H and O–H groups in total. The van der Waals surface area contributed by atoms with Gasteiger partial charge in [0.25, 0.3) is 0 Å². The third-order valence-electron chi connectivity index (χ3n) is 2.89. The molecule has 4 nitrogen and oxygen atoms in total. The third-order valence-corrected chi connectivity index (χ3v) is 4.41. The second-order valence-corrected chi connectivity index (χ2v) is 5.46. The summed E-state index contributed by atoms with van der Waals surface area (Å²) < 4.78 is 7.07. The van der Waals surface area contributed by atoms with Gasteiger partial charge in [-0.25, -0.2) is 0 Å². The average Bonchev–Trinajstić information content (AvgIpc) is 2.90. The second-order valence-electron chi connectivity index (χ2n) is 4.13. The summed E-state index contributed by atoms with van der Waals surface area (Å²) >= 11 is 7.82. The summed E-state index contributed by atoms with van der Waals surface area (Å²) in [6.45, 7) is 1.89. The number of nitrogens with two attached hydrogens (primary N) is 1. The van der Waals surface area contributed by atoms with E-state index in [9.17, 15) is 0 Å². The minimum Gasteiger partial charge on any atom is -0.496 e. The van der Waals surface area contributed by atoms with Gasteiger partial charge in [0.15, 0.2) is 0 Å². The van der Waals surface area contributed by atoms with E-state index in [0.29, 0.717) is 11.4 Å². The highest BCUT2D eigenvalue weighted by molar-refractivity contribution is 7.10. The predicted molar refractivity (Wildman–Crippen MR) is 74.5 cm³/mol. The number of ether oxygens (including phenoxy) is 1. The minimum absolute atomic E-state index is 0.132. The van der Waals surface area contributed by atoms with Gasteiger partial charge in [-0.2, -0.15) is 5.10 Å². The Hall–Kier alpha value is -1.04. The Kier molecular flexibility index (Phi) is 3.94. The Bertz CT molecular complexity index is 550. The molecule has 2 aromatic rings. The van der Waals surface area contributed by atoms with Gasteiger partial charge in [0.1, 0.15) is 5.75 Å². The molecular formula is C12H16ClN3OS. The van der Waals surface area contributed by atoms with Crippen LogP contribution in [0.5, 0.6) is 5.75 Å². The highest BCUT2D eigenvalue weighted by Gasteiger charge is 2.19. The summed E-state index contributed by atoms with van der Waals surface area (Å²) in [4.78, 5) is 1.03. The first-order valence-corrected chi connectivity index (χ1v) is 6.85. The van der Waals surface area contributed by atoms with E-state index in [2.05, 4.69) is 5.10 Å². The first-order chi connectivity index (χ1) is 8.54. The standard InChI is InChI=1S/C12H16ClN3OS/c1-7-11(13)9(16(2)15-7)6-8(14)12-10(17-3)4-5-18-12/h4-5,8H,6,14H2,1-3H3. The molecule has 0 amide bonds. The maximum atomic E-state index is 6.23. The molecule has 2 heterocycles. The summed E-state index contributed by atoms with van der Waals surface area (Å²) in [5, 5.41) is 6.96. The quantitative estimate of drug-likeness (QED) is 0.940. The number of hydrogen-bond acceptors (Lipinski definition) is 4. The Labute approximate surface area is 115 Å². The van der Waals surface area contributed by atoms with Crippen LogP contribution in [0.25, 0.3) is 0 Å². The lowest BCUT2D eigenvalue weighted by molar-refractivity contribution is 0.408. The van der Waals surface area contributed by atoms with Crippen molar-refractivity contribution in [3.05, 3.63) is 32.7 Å². The highest BCUT2D eigenvalue weighted by Crippen LogP contribution is 2.32. The van der Waals surface area contributed by atoms with Gasteiger partial charge in [0.05, 0.1) is 28.4 Å². The predicted octanol–water partition coefficient (Wildman–Crippen LogP) is 2.69. The highest BCUT2D eigenvalue weighted by atomic mass is 35.5. The van der Waals surface area contributed by atoms with Gasteiger partial charge in [-0.15, -0.1) is 11.3 Å². The van der Waals surface area contributed by atoms with Crippen molar-refractivity contribution in [1.29, 1.82) is 0 Å². The number of methoxy groups -OCH3 is 1. The van der Waals surface area contributed by atoms with Crippen LogP contribution in [0.4, 0.5) is 0 Å². The topological polar surface area (TPSA) is 53.1 Å². The van der Waals surface area contributed by atoms with E-state index in [1.165, 1.54) is 0 Å². The molecule has 0 fully saturated rings. The zero-order valence-corrected chi connectivity index (χ0v) is 12.2. The molecule has 0 saturated carbocycles. The third kappa shape index (κ3) is 2.39. The van der Waals surface area contributed by atoms with Crippen molar-refractivity contribution in [3.8, 4) is 5.75 Å². The first kappa shape index (κ1) is 13.4. The molecule has 0 aliphatic carbocycles. The average molecular weight is 286 g/mol. The molecule has 0 bridgehead atoms. The van der Waals surface area contributed by atoms with E-state index in [1.807, 2.05) is 25.4 Å². The fraction of sp³-hybridized carbons (Fsp3) is 0.417. The van der Waals surface area contributed by atoms with E-state index in [1.54, 1.807) is 23.1 Å². The molecule has 0 spiro atoms. The molecule has 6 heteroatoms. The van der Waals surface area contributed by atoms with Gasteiger partial charge >= 0.3 is 0 Å². The Morgan fingerprint density at radius 2 is 2.33 bits per heavy atom. The van der Waals surface area contributed by atoms with Crippen LogP contribution < -0.4 is 10.5 Å². The van der Waals surface area contributed by atoms with Crippen molar-refractivity contribution >= 4 is 22.9 Å². The van der Waals surface area contributed by atoms with Gasteiger partial charge < -0.3 is 10.5 Å². The van der Waals surface area contributed by atoms with Gasteiger partial charge in [0, 0.05) is 19.5 Å². The molecule has 1 unspecified atom stereocenters. The van der Waals surface area contributed by atoms with Crippen LogP contribution >= 0.6 is 22.9 Å². The summed E-state index contributed by atoms with van der Waals surface area (Å²) in [6.07, 6.45) is 0.646. The number of aromatic nitrogens is 2. The van der Waals surface area contributed by atoms with Crippen molar-refractivity contribution in [2.45, 2.75) is 19.4 Å². The maximum absolute atomic E-state index is 6.23. The van der Waals surface area contributed by atoms with Crippen LogP contribution in [0.2, 0.25) is 5.02 Å². The number of aryl methyl sites for hydroxylation is 2. The van der Waals surface area contributed by atoms with Crippen LogP contribution in [0.1, 0.15) is 22.3 Å². The van der Waals surface area contributed by atoms with Crippen LogP contribution in [0.3, 0.4) is 0 Å². The Balaban J connectivity index is 2.24. The summed E-state index contributed by atoms with van der Waals surface area (Å²) in [5.41, 5.74) is 8.01. The van der Waals surface area contributed by atoms with Gasteiger partial charge in [-0.3, -0.25) is 4.68 Å². The van der Waals surface area contributed by atoms with Gasteiger partial charge in [0.2, 0.25) is 0 Å². The number of thiophene rings is 1. The second kappa shape index (κ2) is 5.30. The summed E-state index contributed by atoms with van der Waals surface area (Å²) in [6, 6.07) is 1.79. The molecule has 0 aromatic carbocycles. The van der Waals surface area contributed by atoms with Gasteiger partial charge in [-0.1, -0.05) is 11.6 Å². The Morgan fingerprint density at radius 1 is 1.61 bits per heavy atom. The molecule has 0 aliphatic heterocycles. The Morgan fingerprint density at radius 3 is 2.89 bits per heavy atom. The molecule has 0 aliphatic rings. The van der Waals surface area contributed by atoms with Crippen LogP contribution in [-0.4, -0.2) is 16.9 Å². The molecular weight excluding hydrogens is 270 g/mol. The SMILES string of the molecule is COc1ccsc1C(N)Cc1c(Cl)c(C)nn1C. The van der Waals surface area contributed by atoms with Crippen LogP contribution in [0.15, 0.2) is 11.4 Å². The minimum atomic E-state index is -0.132. The largest absolute Gasteiger partial charge is 0.496 e. The van der Waals surface area contributed by atoms with Gasteiger partial charge in [-0.05, 0) is 18.4 Å². The van der Waals surface area contributed by atoms with Crippen molar-refractivity contribution in [3.63, 3.8) is 0 Å². The fourth-order valence-corrected chi connectivity index (χ4v) is 3.05. The van der Waals surface area contributed by atoms with E-state index in [-0.39, 0.29) is 6.04 Å². The maximum Gasteiger partial charge on any atom is 0.134 e. The van der Waals surface area contributed by atoms with Crippen molar-refractivity contribution in [2.75, 3.05) is 7.11 Å². The van der Waals surface area contributed by atoms with Crippen LogP contribution in [-0.2, 0) is 13.5 Å². The van der Waals surface area contributed by atoms with Crippen molar-refractivity contribution < 1.29 is 4.74 Å². The fourth-order valence-electron chi connectivity index (χ4n) is 1.95. The molecule has 98 valence electrons. The zero-order valence-electron chi connectivity index (χ0n) is 10.6. The molecule has 0 saturated heterocycles. The number of rotatable bonds is 4. The van der Waals surface area contributed by atoms with E-state index in [0.717, 1.165) is 22.0 Å². The number of nitrogens with zero attached hydrogens (tertiary/aromatic N) is 2. The zero-order chi connectivity index (χ0) is 13.3. The number of halogens is 1. The van der Waals surface area contributed by atoms with Crippen molar-refractivity contribution in [2.24, 2.45) is 12.8 Å². The summed E-state index contributed by atoms with van der Waals surface area (Å²) in [7, 11) is 3.53. The molecule has 2 rings (SSSR count). The van der Waals surface area contributed by atoms with E-state index >= 15 is 0 Å². The lowest BCUT2D eigenvalue weighted by atomic mass is 10.1.